The molecule has 0 aliphatic heterocycles. The fraction of sp³-hybridized carbons (Fsp3) is 0.250. The van der Waals surface area contributed by atoms with Gasteiger partial charge in [-0.1, -0.05) is 0 Å². The highest BCUT2D eigenvalue weighted by Gasteiger charge is 2.49. The molecule has 8 heteroatoms. The summed E-state index contributed by atoms with van der Waals surface area (Å²) in [6, 6.07) is 6.18. The van der Waals surface area contributed by atoms with Gasteiger partial charge in [-0.2, -0.15) is 26.9 Å². The van der Waals surface area contributed by atoms with Crippen LogP contribution in [0.1, 0.15) is 23.1 Å². The minimum absolute atomic E-state index is 0.253. The zero-order chi connectivity index (χ0) is 15.0. The highest BCUT2D eigenvalue weighted by atomic mass is 32.2. The van der Waals surface area contributed by atoms with E-state index in [4.69, 9.17) is 5.26 Å². The second kappa shape index (κ2) is 4.83. The summed E-state index contributed by atoms with van der Waals surface area (Å²) in [5.41, 5.74) is -4.29. The molecular weight excluding hydrogens is 295 g/mol. The molecule has 1 aliphatic rings. The average molecular weight is 303 g/mol. The quantitative estimate of drug-likeness (QED) is 0.622. The third-order valence-corrected chi connectivity index (χ3v) is 3.69. The lowest BCUT2D eigenvalue weighted by molar-refractivity contribution is -0.0509. The minimum Gasteiger partial charge on any atom is -0.376 e. The summed E-state index contributed by atoms with van der Waals surface area (Å²) in [6.07, 6.45) is 2.13. The van der Waals surface area contributed by atoms with Crippen LogP contribution in [0.25, 0.3) is 5.76 Å². The average Bonchev–Trinajstić information content (AvgIpc) is 2.36. The molecule has 106 valence electrons. The molecule has 20 heavy (non-hydrogen) atoms. The van der Waals surface area contributed by atoms with Crippen LogP contribution in [0.3, 0.4) is 0 Å². The summed E-state index contributed by atoms with van der Waals surface area (Å²) in [5, 5.41) is 8.76. The van der Waals surface area contributed by atoms with Gasteiger partial charge in [0.2, 0.25) is 0 Å². The van der Waals surface area contributed by atoms with E-state index in [9.17, 15) is 21.6 Å². The topological polar surface area (TPSA) is 67.2 Å². The van der Waals surface area contributed by atoms with Gasteiger partial charge in [-0.15, -0.1) is 0 Å². The zero-order valence-electron chi connectivity index (χ0n) is 9.94. The van der Waals surface area contributed by atoms with Gasteiger partial charge in [0, 0.05) is 5.56 Å². The van der Waals surface area contributed by atoms with E-state index in [1.54, 1.807) is 0 Å². The number of hydrogen-bond acceptors (Lipinski definition) is 4. The molecule has 4 nitrogen and oxygen atoms in total. The SMILES string of the molecule is N#Cc1ccc2c(c1)CCC=C2OS(=O)(=O)C(F)(F)F. The second-order valence-electron chi connectivity index (χ2n) is 4.07. The van der Waals surface area contributed by atoms with Gasteiger partial charge < -0.3 is 4.18 Å². The molecule has 0 heterocycles. The minimum atomic E-state index is -5.69. The second-order valence-corrected chi connectivity index (χ2v) is 5.61. The molecule has 1 aromatic carbocycles. The number of halogens is 3. The monoisotopic (exact) mass is 303 g/mol. The van der Waals surface area contributed by atoms with Crippen molar-refractivity contribution in [2.75, 3.05) is 0 Å². The molecule has 0 aromatic heterocycles. The van der Waals surface area contributed by atoms with Crippen molar-refractivity contribution in [3.8, 4) is 6.07 Å². The van der Waals surface area contributed by atoms with Crippen molar-refractivity contribution in [3.63, 3.8) is 0 Å². The molecule has 0 amide bonds. The van der Waals surface area contributed by atoms with Crippen molar-refractivity contribution in [2.45, 2.75) is 18.3 Å². The molecule has 0 N–H and O–H groups in total. The predicted molar refractivity (Wildman–Crippen MR) is 63.5 cm³/mol. The number of nitrogens with zero attached hydrogens (tertiary/aromatic N) is 1. The number of fused-ring (bicyclic) bond motifs is 1. The van der Waals surface area contributed by atoms with Gasteiger partial charge in [-0.25, -0.2) is 0 Å². The number of nitriles is 1. The van der Waals surface area contributed by atoms with E-state index >= 15 is 0 Å². The first kappa shape index (κ1) is 14.4. The molecule has 1 aromatic rings. The van der Waals surface area contributed by atoms with E-state index in [2.05, 4.69) is 4.18 Å². The fourth-order valence-electron chi connectivity index (χ4n) is 1.82. The van der Waals surface area contributed by atoms with Gasteiger partial charge in [0.1, 0.15) is 5.76 Å². The van der Waals surface area contributed by atoms with E-state index in [-0.39, 0.29) is 11.3 Å². The molecule has 0 bridgehead atoms. The van der Waals surface area contributed by atoms with Crippen LogP contribution >= 0.6 is 0 Å². The van der Waals surface area contributed by atoms with Crippen LogP contribution in [0.5, 0.6) is 0 Å². The number of benzene rings is 1. The van der Waals surface area contributed by atoms with Gasteiger partial charge in [-0.05, 0) is 42.7 Å². The highest BCUT2D eigenvalue weighted by molar-refractivity contribution is 7.87. The maximum Gasteiger partial charge on any atom is 0.534 e. The van der Waals surface area contributed by atoms with E-state index < -0.39 is 15.6 Å². The summed E-state index contributed by atoms with van der Waals surface area (Å²) in [6.45, 7) is 0. The van der Waals surface area contributed by atoms with Crippen molar-refractivity contribution >= 4 is 15.9 Å². The number of alkyl halides is 3. The Morgan fingerprint density at radius 3 is 2.60 bits per heavy atom. The first-order chi connectivity index (χ1) is 9.24. The standard InChI is InChI=1S/C12H8F3NO3S/c13-12(14,15)20(17,18)19-11-3-1-2-9-6-8(7-16)4-5-10(9)11/h3-6H,1-2H2. The summed E-state index contributed by atoms with van der Waals surface area (Å²) < 4.78 is 63.1. The van der Waals surface area contributed by atoms with Crippen LogP contribution in [-0.4, -0.2) is 13.9 Å². The Morgan fingerprint density at radius 1 is 1.30 bits per heavy atom. The molecule has 0 fully saturated rings. The van der Waals surface area contributed by atoms with E-state index in [1.807, 2.05) is 6.07 Å². The first-order valence-electron chi connectivity index (χ1n) is 5.49. The normalized spacial score (nSPS) is 15.0. The maximum atomic E-state index is 12.3. The molecule has 0 atom stereocenters. The Labute approximate surface area is 113 Å². The molecule has 0 saturated carbocycles. The maximum absolute atomic E-state index is 12.3. The van der Waals surface area contributed by atoms with Gasteiger partial charge in [-0.3, -0.25) is 0 Å². The molecule has 1 aliphatic carbocycles. The summed E-state index contributed by atoms with van der Waals surface area (Å²) >= 11 is 0. The molecular formula is C12H8F3NO3S. The van der Waals surface area contributed by atoms with Crippen LogP contribution in [-0.2, 0) is 20.7 Å². The fourth-order valence-corrected chi connectivity index (χ4v) is 2.31. The summed E-state index contributed by atoms with van der Waals surface area (Å²) in [5.74, 6) is -0.354. The Hall–Kier alpha value is -2.01. The summed E-state index contributed by atoms with van der Waals surface area (Å²) in [7, 11) is -5.69. The smallest absolute Gasteiger partial charge is 0.376 e. The van der Waals surface area contributed by atoms with Crippen LogP contribution in [0, 0.1) is 11.3 Å². The largest absolute Gasteiger partial charge is 0.534 e. The Bertz CT molecular complexity index is 714. The number of hydrogen-bond donors (Lipinski definition) is 0. The van der Waals surface area contributed by atoms with Gasteiger partial charge in [0.15, 0.2) is 0 Å². The van der Waals surface area contributed by atoms with Crippen molar-refractivity contribution < 1.29 is 25.8 Å². The van der Waals surface area contributed by atoms with Crippen molar-refractivity contribution in [2.24, 2.45) is 0 Å². The summed E-state index contributed by atoms with van der Waals surface area (Å²) in [4.78, 5) is 0. The van der Waals surface area contributed by atoms with Gasteiger partial charge in [0.25, 0.3) is 0 Å². The van der Waals surface area contributed by atoms with Crippen molar-refractivity contribution in [1.82, 2.24) is 0 Å². The van der Waals surface area contributed by atoms with Crippen molar-refractivity contribution in [3.05, 3.63) is 41.0 Å². The first-order valence-corrected chi connectivity index (χ1v) is 6.90. The lowest BCUT2D eigenvalue weighted by Crippen LogP contribution is -2.25. The van der Waals surface area contributed by atoms with E-state index in [0.717, 1.165) is 0 Å². The molecule has 2 rings (SSSR count). The van der Waals surface area contributed by atoms with Crippen LogP contribution in [0.4, 0.5) is 13.2 Å². The third kappa shape index (κ3) is 2.63. The van der Waals surface area contributed by atoms with Gasteiger partial charge in [0.05, 0.1) is 11.6 Å². The molecule has 0 radical (unpaired) electrons. The Balaban J connectivity index is 2.39. The highest BCUT2D eigenvalue weighted by Crippen LogP contribution is 2.33. The molecule has 0 saturated heterocycles. The number of aryl methyl sites for hydroxylation is 1. The lowest BCUT2D eigenvalue weighted by atomic mass is 9.94. The number of allylic oxidation sites excluding steroid dienone is 1. The molecule has 0 spiro atoms. The Kier molecular flexibility index (Phi) is 3.48. The zero-order valence-corrected chi connectivity index (χ0v) is 10.8. The van der Waals surface area contributed by atoms with Crippen molar-refractivity contribution in [1.29, 1.82) is 5.26 Å². The Morgan fingerprint density at radius 2 is 2.00 bits per heavy atom. The van der Waals surface area contributed by atoms with E-state index in [1.165, 1.54) is 24.3 Å². The third-order valence-electron chi connectivity index (χ3n) is 2.73. The predicted octanol–water partition coefficient (Wildman–Crippen LogP) is 2.71. The van der Waals surface area contributed by atoms with Gasteiger partial charge >= 0.3 is 15.6 Å². The lowest BCUT2D eigenvalue weighted by Gasteiger charge is -2.18. The van der Waals surface area contributed by atoms with Crippen LogP contribution in [0.15, 0.2) is 24.3 Å². The van der Waals surface area contributed by atoms with Crippen LogP contribution in [0.2, 0.25) is 0 Å². The molecule has 0 unspecified atom stereocenters. The van der Waals surface area contributed by atoms with Crippen LogP contribution < -0.4 is 0 Å². The number of rotatable bonds is 2. The van der Waals surface area contributed by atoms with E-state index in [0.29, 0.717) is 24.0 Å².